The maximum Gasteiger partial charge on any atom is 0.415 e. The molecule has 1 amide bonds. The van der Waals surface area contributed by atoms with Gasteiger partial charge in [-0.3, -0.25) is 9.88 Å². The normalized spacial score (nSPS) is 23.7. The molecule has 3 rings (SSSR count). The first-order valence-corrected chi connectivity index (χ1v) is 7.65. The van der Waals surface area contributed by atoms with Crippen LogP contribution in [0.25, 0.3) is 0 Å². The number of nitrogens with zero attached hydrogens (tertiary/aromatic N) is 4. The molecule has 1 aromatic heterocycles. The maximum atomic E-state index is 11.5. The van der Waals surface area contributed by atoms with E-state index in [4.69, 9.17) is 4.74 Å². The van der Waals surface area contributed by atoms with Crippen LogP contribution in [-0.4, -0.2) is 53.2 Å². The average Bonchev–Trinajstić information content (AvgIpc) is 2.94. The van der Waals surface area contributed by atoms with Gasteiger partial charge in [0.1, 0.15) is 6.61 Å². The lowest BCUT2D eigenvalue weighted by atomic mass is 9.94. The van der Waals surface area contributed by atoms with E-state index in [0.29, 0.717) is 30.9 Å². The van der Waals surface area contributed by atoms with Crippen LogP contribution in [0.3, 0.4) is 0 Å². The van der Waals surface area contributed by atoms with Gasteiger partial charge in [-0.2, -0.15) is 0 Å². The van der Waals surface area contributed by atoms with Crippen LogP contribution in [-0.2, 0) is 4.74 Å². The highest BCUT2D eigenvalue weighted by atomic mass is 16.6. The zero-order chi connectivity index (χ0) is 14.8. The molecule has 0 aliphatic carbocycles. The molecule has 2 fully saturated rings. The zero-order valence-electron chi connectivity index (χ0n) is 12.7. The molecule has 0 radical (unpaired) electrons. The first kappa shape index (κ1) is 14.3. The Kier molecular flexibility index (Phi) is 4.05. The van der Waals surface area contributed by atoms with Gasteiger partial charge in [0, 0.05) is 18.5 Å². The van der Waals surface area contributed by atoms with Gasteiger partial charge in [0.05, 0.1) is 24.6 Å². The summed E-state index contributed by atoms with van der Waals surface area (Å²) in [4.78, 5) is 24.5. The third kappa shape index (κ3) is 3.00. The Labute approximate surface area is 125 Å². The van der Waals surface area contributed by atoms with Crippen LogP contribution >= 0.6 is 0 Å². The van der Waals surface area contributed by atoms with Crippen molar-refractivity contribution in [1.29, 1.82) is 0 Å². The van der Waals surface area contributed by atoms with Crippen molar-refractivity contribution >= 4 is 11.9 Å². The lowest BCUT2D eigenvalue weighted by molar-refractivity contribution is 0.166. The number of aromatic nitrogens is 2. The number of amides is 1. The third-order valence-corrected chi connectivity index (χ3v) is 4.30. The Balaban J connectivity index is 1.70. The van der Waals surface area contributed by atoms with E-state index in [2.05, 4.69) is 28.7 Å². The molecule has 2 saturated heterocycles. The fraction of sp³-hybridized carbons (Fsp3) is 0.667. The summed E-state index contributed by atoms with van der Waals surface area (Å²) in [5, 5.41) is 0. The van der Waals surface area contributed by atoms with Crippen molar-refractivity contribution in [3.8, 4) is 0 Å². The van der Waals surface area contributed by atoms with E-state index in [-0.39, 0.29) is 6.09 Å². The molecular weight excluding hydrogens is 268 g/mol. The summed E-state index contributed by atoms with van der Waals surface area (Å²) in [6, 6.07) is 0.569. The van der Waals surface area contributed by atoms with Crippen molar-refractivity contribution in [1.82, 2.24) is 14.9 Å². The smallest absolute Gasteiger partial charge is 0.415 e. The number of hydrogen-bond acceptors (Lipinski definition) is 5. The van der Waals surface area contributed by atoms with E-state index in [1.807, 2.05) is 6.20 Å². The number of hydrogen-bond donors (Lipinski definition) is 0. The summed E-state index contributed by atoms with van der Waals surface area (Å²) < 4.78 is 4.92. The number of likely N-dealkylation sites (tertiary alicyclic amines) is 1. The van der Waals surface area contributed by atoms with E-state index < -0.39 is 0 Å². The number of carbonyl (C=O) groups is 1. The Morgan fingerprint density at radius 3 is 2.76 bits per heavy atom. The lowest BCUT2D eigenvalue weighted by Crippen LogP contribution is -2.39. The van der Waals surface area contributed by atoms with Crippen LogP contribution in [0, 0.1) is 0 Å². The molecule has 6 heteroatoms. The summed E-state index contributed by atoms with van der Waals surface area (Å²) in [7, 11) is 0. The molecule has 3 heterocycles. The van der Waals surface area contributed by atoms with Gasteiger partial charge in [-0.15, -0.1) is 0 Å². The summed E-state index contributed by atoms with van der Waals surface area (Å²) in [5.74, 6) is 1.02. The zero-order valence-corrected chi connectivity index (χ0v) is 12.7. The van der Waals surface area contributed by atoms with Crippen molar-refractivity contribution in [3.63, 3.8) is 0 Å². The van der Waals surface area contributed by atoms with Gasteiger partial charge in [-0.25, -0.2) is 9.78 Å². The number of anilines is 1. The quantitative estimate of drug-likeness (QED) is 0.852. The highest BCUT2D eigenvalue weighted by Gasteiger charge is 2.27. The van der Waals surface area contributed by atoms with Crippen molar-refractivity contribution in [2.24, 2.45) is 0 Å². The second-order valence-corrected chi connectivity index (χ2v) is 5.99. The molecule has 114 valence electrons. The molecule has 1 atom stereocenters. The third-order valence-electron chi connectivity index (χ3n) is 4.30. The Morgan fingerprint density at radius 1 is 1.29 bits per heavy atom. The van der Waals surface area contributed by atoms with Gasteiger partial charge in [0.2, 0.25) is 0 Å². The van der Waals surface area contributed by atoms with E-state index in [1.165, 1.54) is 17.9 Å². The summed E-state index contributed by atoms with van der Waals surface area (Å²) in [6.45, 7) is 7.65. The molecule has 0 aromatic carbocycles. The van der Waals surface area contributed by atoms with Crippen molar-refractivity contribution in [2.45, 2.75) is 38.6 Å². The molecule has 0 bridgehead atoms. The van der Waals surface area contributed by atoms with E-state index >= 15 is 0 Å². The molecule has 6 nitrogen and oxygen atoms in total. The van der Waals surface area contributed by atoms with Crippen molar-refractivity contribution < 1.29 is 9.53 Å². The molecule has 0 unspecified atom stereocenters. The monoisotopic (exact) mass is 290 g/mol. The highest BCUT2D eigenvalue weighted by molar-refractivity contribution is 5.87. The van der Waals surface area contributed by atoms with Crippen LogP contribution in [0.5, 0.6) is 0 Å². The average molecular weight is 290 g/mol. The van der Waals surface area contributed by atoms with E-state index in [1.54, 1.807) is 6.20 Å². The summed E-state index contributed by atoms with van der Waals surface area (Å²) >= 11 is 0. The van der Waals surface area contributed by atoms with Crippen LogP contribution < -0.4 is 4.90 Å². The number of carbonyl (C=O) groups excluding carboxylic acids is 1. The lowest BCUT2D eigenvalue weighted by Gasteiger charge is -2.35. The second kappa shape index (κ2) is 5.97. The first-order valence-electron chi connectivity index (χ1n) is 7.65. The van der Waals surface area contributed by atoms with Gasteiger partial charge < -0.3 is 9.64 Å². The number of cyclic esters (lactones) is 1. The number of ether oxygens (including phenoxy) is 1. The fourth-order valence-electron chi connectivity index (χ4n) is 3.00. The SMILES string of the molecule is CC(C)N1CCC[C@H](c2cnc(N3CCOC3=O)cn2)C1. The topological polar surface area (TPSA) is 58.6 Å². The van der Waals surface area contributed by atoms with Gasteiger partial charge >= 0.3 is 6.09 Å². The molecule has 0 N–H and O–H groups in total. The molecule has 2 aliphatic heterocycles. The Hall–Kier alpha value is -1.69. The molecular formula is C15H22N4O2. The first-order chi connectivity index (χ1) is 10.1. The predicted molar refractivity (Wildman–Crippen MR) is 79.4 cm³/mol. The van der Waals surface area contributed by atoms with Crippen molar-refractivity contribution in [3.05, 3.63) is 18.1 Å². The number of rotatable bonds is 3. The largest absolute Gasteiger partial charge is 0.447 e. The Bertz CT molecular complexity index is 503. The standard InChI is InChI=1S/C15H22N4O2/c1-11(2)18-5-3-4-12(10-18)13-8-17-14(9-16-13)19-6-7-21-15(19)20/h8-9,11-12H,3-7,10H2,1-2H3/t12-/m0/s1. The van der Waals surface area contributed by atoms with Crippen LogP contribution in [0.2, 0.25) is 0 Å². The van der Waals surface area contributed by atoms with Crippen LogP contribution in [0.1, 0.15) is 38.3 Å². The minimum atomic E-state index is -0.333. The molecule has 2 aliphatic rings. The van der Waals surface area contributed by atoms with Gasteiger partial charge in [-0.1, -0.05) is 0 Å². The molecule has 21 heavy (non-hydrogen) atoms. The maximum absolute atomic E-state index is 11.5. The van der Waals surface area contributed by atoms with Crippen LogP contribution in [0.4, 0.5) is 10.6 Å². The highest BCUT2D eigenvalue weighted by Crippen LogP contribution is 2.27. The minimum Gasteiger partial charge on any atom is -0.447 e. The molecule has 0 spiro atoms. The van der Waals surface area contributed by atoms with Gasteiger partial charge in [0.25, 0.3) is 0 Å². The minimum absolute atomic E-state index is 0.333. The molecule has 1 aromatic rings. The molecule has 0 saturated carbocycles. The van der Waals surface area contributed by atoms with Gasteiger partial charge in [-0.05, 0) is 33.2 Å². The Morgan fingerprint density at radius 2 is 2.14 bits per heavy atom. The summed E-state index contributed by atoms with van der Waals surface area (Å²) in [6.07, 6.45) is 5.53. The number of piperidine rings is 1. The summed E-state index contributed by atoms with van der Waals surface area (Å²) in [5.41, 5.74) is 1.02. The van der Waals surface area contributed by atoms with E-state index in [0.717, 1.165) is 18.7 Å². The van der Waals surface area contributed by atoms with Gasteiger partial charge in [0.15, 0.2) is 5.82 Å². The second-order valence-electron chi connectivity index (χ2n) is 5.99. The predicted octanol–water partition coefficient (Wildman–Crippen LogP) is 2.02. The van der Waals surface area contributed by atoms with E-state index in [9.17, 15) is 4.79 Å². The fourth-order valence-corrected chi connectivity index (χ4v) is 3.00. The van der Waals surface area contributed by atoms with Crippen LogP contribution in [0.15, 0.2) is 12.4 Å². The van der Waals surface area contributed by atoms with Crippen molar-refractivity contribution in [2.75, 3.05) is 31.1 Å².